The Morgan fingerprint density at radius 1 is 1.17 bits per heavy atom. The van der Waals surface area contributed by atoms with Crippen LogP contribution in [-0.4, -0.2) is 29.7 Å². The molecule has 0 radical (unpaired) electrons. The van der Waals surface area contributed by atoms with Crippen molar-refractivity contribution in [1.82, 2.24) is 29.7 Å². The van der Waals surface area contributed by atoms with Gasteiger partial charge in [0.05, 0.1) is 11.4 Å². The lowest BCUT2D eigenvalue weighted by molar-refractivity contribution is 0.756. The molecule has 3 heterocycles. The molecule has 0 aliphatic heterocycles. The fourth-order valence-electron chi connectivity index (χ4n) is 2.30. The normalized spacial score (nSPS) is 11.0. The van der Waals surface area contributed by atoms with Crippen LogP contribution in [0.4, 0.5) is 0 Å². The van der Waals surface area contributed by atoms with Crippen molar-refractivity contribution < 1.29 is 0 Å². The quantitative estimate of drug-likeness (QED) is 0.601. The summed E-state index contributed by atoms with van der Waals surface area (Å²) in [6.45, 7) is 0.437. The molecular formula is C15H12N6OS. The number of aromatic amines is 2. The maximum absolute atomic E-state index is 11.1. The van der Waals surface area contributed by atoms with Gasteiger partial charge in [-0.2, -0.15) is 5.10 Å². The Bertz CT molecular complexity index is 981. The number of hydrogen-bond acceptors (Lipinski definition) is 5. The van der Waals surface area contributed by atoms with Crippen LogP contribution < -0.4 is 5.69 Å². The summed E-state index contributed by atoms with van der Waals surface area (Å²) in [5.74, 6) is 1.36. The van der Waals surface area contributed by atoms with Gasteiger partial charge in [-0.15, -0.1) is 11.3 Å². The van der Waals surface area contributed by atoms with Gasteiger partial charge in [0.25, 0.3) is 0 Å². The Balaban J connectivity index is 1.66. The molecule has 0 amide bonds. The number of H-pyrrole nitrogens is 2. The van der Waals surface area contributed by atoms with E-state index in [0.29, 0.717) is 12.4 Å². The molecule has 3 aromatic heterocycles. The van der Waals surface area contributed by atoms with Crippen molar-refractivity contribution in [2.45, 2.75) is 6.54 Å². The average Bonchev–Trinajstić information content (AvgIpc) is 3.29. The first-order valence-electron chi connectivity index (χ1n) is 6.96. The van der Waals surface area contributed by atoms with Gasteiger partial charge in [-0.05, 0) is 0 Å². The van der Waals surface area contributed by atoms with Crippen LogP contribution >= 0.6 is 11.3 Å². The molecular weight excluding hydrogens is 312 g/mol. The first kappa shape index (κ1) is 13.6. The monoisotopic (exact) mass is 324 g/mol. The van der Waals surface area contributed by atoms with Crippen molar-refractivity contribution in [1.29, 1.82) is 0 Å². The first-order valence-corrected chi connectivity index (χ1v) is 7.77. The second-order valence-electron chi connectivity index (χ2n) is 4.90. The molecule has 0 spiro atoms. The Hall–Kier alpha value is -3.00. The molecule has 1 aromatic carbocycles. The molecule has 8 heteroatoms. The van der Waals surface area contributed by atoms with E-state index in [1.807, 2.05) is 47.3 Å². The number of aromatic nitrogens is 6. The first-order chi connectivity index (χ1) is 11.3. The van der Waals surface area contributed by atoms with Crippen molar-refractivity contribution in [2.75, 3.05) is 0 Å². The number of imidazole rings is 1. The van der Waals surface area contributed by atoms with Gasteiger partial charge in [0.1, 0.15) is 5.01 Å². The lowest BCUT2D eigenvalue weighted by Crippen LogP contribution is -2.05. The molecule has 0 saturated carbocycles. The third-order valence-corrected chi connectivity index (χ3v) is 4.37. The van der Waals surface area contributed by atoms with E-state index in [1.54, 1.807) is 17.5 Å². The summed E-state index contributed by atoms with van der Waals surface area (Å²) in [5.41, 5.74) is 0.768. The number of nitrogens with zero attached hydrogens (tertiary/aromatic N) is 4. The zero-order valence-electron chi connectivity index (χ0n) is 11.9. The molecule has 0 saturated heterocycles. The van der Waals surface area contributed by atoms with Crippen LogP contribution in [0, 0.1) is 0 Å². The van der Waals surface area contributed by atoms with E-state index in [9.17, 15) is 4.79 Å². The number of hydrogen-bond donors (Lipinski definition) is 2. The summed E-state index contributed by atoms with van der Waals surface area (Å²) in [6.07, 6.45) is 5.39. The Labute approximate surface area is 134 Å². The van der Waals surface area contributed by atoms with Gasteiger partial charge >= 0.3 is 5.69 Å². The van der Waals surface area contributed by atoms with Gasteiger partial charge in [-0.25, -0.2) is 19.9 Å². The third-order valence-electron chi connectivity index (χ3n) is 3.33. The Morgan fingerprint density at radius 2 is 2.04 bits per heavy atom. The van der Waals surface area contributed by atoms with Gasteiger partial charge in [-0.3, -0.25) is 4.98 Å². The van der Waals surface area contributed by atoms with E-state index in [1.165, 1.54) is 0 Å². The predicted molar refractivity (Wildman–Crippen MR) is 87.1 cm³/mol. The summed E-state index contributed by atoms with van der Waals surface area (Å²) in [7, 11) is 0. The fraction of sp³-hybridized carbons (Fsp3) is 0.0667. The highest BCUT2D eigenvalue weighted by atomic mass is 32.1. The van der Waals surface area contributed by atoms with Gasteiger partial charge in [0, 0.05) is 24.2 Å². The summed E-state index contributed by atoms with van der Waals surface area (Å²) >= 11 is 1.58. The lowest BCUT2D eigenvalue weighted by atomic mass is 10.2. The molecule has 23 heavy (non-hydrogen) atoms. The predicted octanol–water partition coefficient (Wildman–Crippen LogP) is 2.13. The van der Waals surface area contributed by atoms with Gasteiger partial charge in [-0.1, -0.05) is 30.3 Å². The van der Waals surface area contributed by atoms with E-state index < -0.39 is 0 Å². The highest BCUT2D eigenvalue weighted by Crippen LogP contribution is 2.31. The van der Waals surface area contributed by atoms with E-state index in [2.05, 4.69) is 25.1 Å². The van der Waals surface area contributed by atoms with Crippen LogP contribution in [0.25, 0.3) is 21.3 Å². The van der Waals surface area contributed by atoms with Crippen LogP contribution in [0.15, 0.2) is 53.7 Å². The van der Waals surface area contributed by atoms with Crippen LogP contribution in [0.1, 0.15) is 5.82 Å². The largest absolute Gasteiger partial charge is 0.340 e. The number of rotatable bonds is 4. The third kappa shape index (κ3) is 2.71. The molecule has 0 unspecified atom stereocenters. The minimum absolute atomic E-state index is 0.314. The zero-order chi connectivity index (χ0) is 15.6. The molecule has 4 aromatic rings. The summed E-state index contributed by atoms with van der Waals surface area (Å²) in [4.78, 5) is 23.6. The summed E-state index contributed by atoms with van der Waals surface area (Å²) in [5, 5.41) is 7.23. The van der Waals surface area contributed by atoms with Crippen molar-refractivity contribution in [2.24, 2.45) is 0 Å². The van der Waals surface area contributed by atoms with Crippen LogP contribution in [-0.2, 0) is 6.54 Å². The van der Waals surface area contributed by atoms with E-state index >= 15 is 0 Å². The number of benzene rings is 1. The van der Waals surface area contributed by atoms with Gasteiger partial charge in [0.15, 0.2) is 11.6 Å². The minimum atomic E-state index is -0.314. The Morgan fingerprint density at radius 3 is 2.83 bits per heavy atom. The highest BCUT2D eigenvalue weighted by Gasteiger charge is 2.12. The minimum Gasteiger partial charge on any atom is -0.323 e. The molecule has 0 bridgehead atoms. The second kappa shape index (κ2) is 5.65. The smallest absolute Gasteiger partial charge is 0.323 e. The van der Waals surface area contributed by atoms with E-state index in [4.69, 9.17) is 0 Å². The van der Waals surface area contributed by atoms with Crippen molar-refractivity contribution in [3.63, 3.8) is 0 Å². The maximum atomic E-state index is 11.1. The zero-order valence-corrected chi connectivity index (χ0v) is 12.7. The standard InChI is InChI=1S/C15H12N6OS/c22-15-18-12(19-20-15)9-21-7-6-16-13(21)11-8-17-14(23-11)10-4-2-1-3-5-10/h1-8H,9H2,(H2,18,19,20,22). The maximum Gasteiger partial charge on any atom is 0.340 e. The fourth-order valence-corrected chi connectivity index (χ4v) is 3.23. The summed E-state index contributed by atoms with van der Waals surface area (Å²) in [6, 6.07) is 10.0. The second-order valence-corrected chi connectivity index (χ2v) is 5.93. The van der Waals surface area contributed by atoms with Crippen LogP contribution in [0.2, 0.25) is 0 Å². The lowest BCUT2D eigenvalue weighted by Gasteiger charge is -2.02. The van der Waals surface area contributed by atoms with Crippen molar-refractivity contribution in [3.05, 3.63) is 65.2 Å². The van der Waals surface area contributed by atoms with Crippen LogP contribution in [0.3, 0.4) is 0 Å². The van der Waals surface area contributed by atoms with Crippen molar-refractivity contribution >= 4 is 11.3 Å². The van der Waals surface area contributed by atoms with Gasteiger partial charge < -0.3 is 4.57 Å². The topological polar surface area (TPSA) is 92.2 Å². The molecule has 0 fully saturated rings. The number of nitrogens with one attached hydrogen (secondary N) is 2. The molecule has 4 rings (SSSR count). The molecule has 0 aliphatic rings. The molecule has 114 valence electrons. The molecule has 7 nitrogen and oxygen atoms in total. The SMILES string of the molecule is O=c1[nH]nc(Cn2ccnc2-c2cnc(-c3ccccc3)s2)[nH]1. The molecule has 0 atom stereocenters. The van der Waals surface area contributed by atoms with E-state index in [0.717, 1.165) is 21.3 Å². The average molecular weight is 324 g/mol. The van der Waals surface area contributed by atoms with Crippen molar-refractivity contribution in [3.8, 4) is 21.3 Å². The summed E-state index contributed by atoms with van der Waals surface area (Å²) < 4.78 is 1.92. The Kier molecular flexibility index (Phi) is 3.35. The van der Waals surface area contributed by atoms with Gasteiger partial charge in [0.2, 0.25) is 0 Å². The van der Waals surface area contributed by atoms with Crippen LogP contribution in [0.5, 0.6) is 0 Å². The molecule has 0 aliphatic carbocycles. The van der Waals surface area contributed by atoms with E-state index in [-0.39, 0.29) is 5.69 Å². The molecule has 2 N–H and O–H groups in total. The number of thiazole rings is 1. The highest BCUT2D eigenvalue weighted by molar-refractivity contribution is 7.18.